The van der Waals surface area contributed by atoms with Crippen molar-refractivity contribution in [2.45, 2.75) is 12.8 Å². The second-order valence-electron chi connectivity index (χ2n) is 4.69. The molecule has 0 aromatic heterocycles. The van der Waals surface area contributed by atoms with Crippen molar-refractivity contribution in [2.75, 3.05) is 0 Å². The number of hydrogen-bond acceptors (Lipinski definition) is 3. The number of hydrogen-bond donors (Lipinski definition) is 2. The third-order valence-corrected chi connectivity index (χ3v) is 3.25. The number of urea groups is 1. The first kappa shape index (κ1) is 13.2. The van der Waals surface area contributed by atoms with Crippen molar-refractivity contribution in [2.24, 2.45) is 0 Å². The minimum atomic E-state index is -0.732. The highest BCUT2D eigenvalue weighted by molar-refractivity contribution is 5.94. The SMILES string of the molecule is O=C(NCc1ccccc1)NC1OC(=O)c2ccccc21. The van der Waals surface area contributed by atoms with Crippen LogP contribution in [0.2, 0.25) is 0 Å². The molecule has 0 radical (unpaired) electrons. The van der Waals surface area contributed by atoms with Gasteiger partial charge >= 0.3 is 12.0 Å². The van der Waals surface area contributed by atoms with E-state index in [4.69, 9.17) is 4.74 Å². The molecule has 5 nitrogen and oxygen atoms in total. The van der Waals surface area contributed by atoms with E-state index >= 15 is 0 Å². The lowest BCUT2D eigenvalue weighted by molar-refractivity contribution is 0.0337. The number of nitrogens with one attached hydrogen (secondary N) is 2. The van der Waals surface area contributed by atoms with Crippen molar-refractivity contribution in [3.8, 4) is 0 Å². The Morgan fingerprint density at radius 3 is 2.57 bits per heavy atom. The Morgan fingerprint density at radius 2 is 1.76 bits per heavy atom. The fourth-order valence-corrected chi connectivity index (χ4v) is 2.20. The Labute approximate surface area is 121 Å². The number of esters is 1. The number of amides is 2. The van der Waals surface area contributed by atoms with Crippen molar-refractivity contribution in [3.63, 3.8) is 0 Å². The Balaban J connectivity index is 1.60. The lowest BCUT2D eigenvalue weighted by Gasteiger charge is -2.13. The number of benzene rings is 2. The molecule has 0 fully saturated rings. The molecule has 21 heavy (non-hydrogen) atoms. The summed E-state index contributed by atoms with van der Waals surface area (Å²) in [6, 6.07) is 16.2. The van der Waals surface area contributed by atoms with Gasteiger partial charge in [0, 0.05) is 12.1 Å². The van der Waals surface area contributed by atoms with E-state index in [1.54, 1.807) is 24.3 Å². The molecule has 2 aromatic rings. The Morgan fingerprint density at radius 1 is 1.05 bits per heavy atom. The number of carbonyl (C=O) groups is 2. The highest BCUT2D eigenvalue weighted by Gasteiger charge is 2.31. The van der Waals surface area contributed by atoms with Gasteiger partial charge in [-0.3, -0.25) is 5.32 Å². The molecule has 1 aliphatic rings. The molecule has 3 rings (SSSR count). The maximum absolute atomic E-state index is 11.9. The monoisotopic (exact) mass is 282 g/mol. The molecule has 1 atom stereocenters. The van der Waals surface area contributed by atoms with Gasteiger partial charge in [-0.15, -0.1) is 0 Å². The number of rotatable bonds is 3. The van der Waals surface area contributed by atoms with Crippen LogP contribution in [0.15, 0.2) is 54.6 Å². The zero-order chi connectivity index (χ0) is 14.7. The van der Waals surface area contributed by atoms with Gasteiger partial charge in [0.05, 0.1) is 5.56 Å². The van der Waals surface area contributed by atoms with Crippen LogP contribution < -0.4 is 10.6 Å². The molecular weight excluding hydrogens is 268 g/mol. The molecule has 0 saturated carbocycles. The average molecular weight is 282 g/mol. The topological polar surface area (TPSA) is 67.4 Å². The summed E-state index contributed by atoms with van der Waals surface area (Å²) in [6.45, 7) is 0.412. The first-order chi connectivity index (χ1) is 10.2. The van der Waals surface area contributed by atoms with Gasteiger partial charge in [-0.05, 0) is 11.6 Å². The Bertz CT molecular complexity index is 670. The standard InChI is InChI=1S/C16H14N2O3/c19-15-13-9-5-4-8-12(13)14(21-15)18-16(20)17-10-11-6-2-1-3-7-11/h1-9,14H,10H2,(H2,17,18,20). The number of ether oxygens (including phenoxy) is 1. The fourth-order valence-electron chi connectivity index (χ4n) is 2.20. The van der Waals surface area contributed by atoms with Crippen LogP contribution in [-0.2, 0) is 11.3 Å². The van der Waals surface area contributed by atoms with E-state index < -0.39 is 12.2 Å². The smallest absolute Gasteiger partial charge is 0.340 e. The first-order valence-corrected chi connectivity index (χ1v) is 6.62. The fraction of sp³-hybridized carbons (Fsp3) is 0.125. The number of fused-ring (bicyclic) bond motifs is 1. The quantitative estimate of drug-likeness (QED) is 0.849. The molecule has 0 spiro atoms. The van der Waals surface area contributed by atoms with E-state index in [1.807, 2.05) is 30.3 Å². The third-order valence-electron chi connectivity index (χ3n) is 3.25. The van der Waals surface area contributed by atoms with E-state index in [2.05, 4.69) is 10.6 Å². The molecule has 5 heteroatoms. The van der Waals surface area contributed by atoms with Gasteiger partial charge in [-0.25, -0.2) is 9.59 Å². The van der Waals surface area contributed by atoms with Crippen LogP contribution >= 0.6 is 0 Å². The van der Waals surface area contributed by atoms with E-state index in [0.717, 1.165) is 5.56 Å². The molecule has 0 saturated heterocycles. The van der Waals surface area contributed by atoms with E-state index in [0.29, 0.717) is 17.7 Å². The molecule has 0 bridgehead atoms. The summed E-state index contributed by atoms with van der Waals surface area (Å²) in [5.74, 6) is -0.418. The van der Waals surface area contributed by atoms with Crippen molar-refractivity contribution in [1.82, 2.24) is 10.6 Å². The molecule has 2 N–H and O–H groups in total. The van der Waals surface area contributed by atoms with Gasteiger partial charge in [0.2, 0.25) is 6.23 Å². The second-order valence-corrected chi connectivity index (χ2v) is 4.69. The van der Waals surface area contributed by atoms with Crippen LogP contribution in [0.5, 0.6) is 0 Å². The summed E-state index contributed by atoms with van der Waals surface area (Å²) < 4.78 is 5.14. The maximum Gasteiger partial charge on any atom is 0.340 e. The van der Waals surface area contributed by atoms with E-state index in [1.165, 1.54) is 0 Å². The predicted molar refractivity (Wildman–Crippen MR) is 76.4 cm³/mol. The van der Waals surface area contributed by atoms with Crippen LogP contribution in [0.3, 0.4) is 0 Å². The Kier molecular flexibility index (Phi) is 3.55. The van der Waals surface area contributed by atoms with Gasteiger partial charge < -0.3 is 10.1 Å². The average Bonchev–Trinajstić information content (AvgIpc) is 2.83. The van der Waals surface area contributed by atoms with E-state index in [9.17, 15) is 9.59 Å². The number of cyclic esters (lactones) is 1. The normalized spacial score (nSPS) is 16.0. The minimum absolute atomic E-state index is 0.381. The molecule has 1 aliphatic heterocycles. The lowest BCUT2D eigenvalue weighted by atomic mass is 10.1. The summed E-state index contributed by atoms with van der Waals surface area (Å²) >= 11 is 0. The van der Waals surface area contributed by atoms with Crippen LogP contribution in [0.25, 0.3) is 0 Å². The summed E-state index contributed by atoms with van der Waals surface area (Å²) in [7, 11) is 0. The summed E-state index contributed by atoms with van der Waals surface area (Å²) in [5, 5.41) is 5.37. The van der Waals surface area contributed by atoms with Crippen molar-refractivity contribution >= 4 is 12.0 Å². The van der Waals surface area contributed by atoms with Crippen LogP contribution in [-0.4, -0.2) is 12.0 Å². The number of carbonyl (C=O) groups excluding carboxylic acids is 2. The lowest BCUT2D eigenvalue weighted by Crippen LogP contribution is -2.37. The minimum Gasteiger partial charge on any atom is -0.434 e. The molecular formula is C16H14N2O3. The predicted octanol–water partition coefficient (Wildman–Crippen LogP) is 2.36. The van der Waals surface area contributed by atoms with Gasteiger partial charge in [0.1, 0.15) is 0 Å². The van der Waals surface area contributed by atoms with Gasteiger partial charge in [0.15, 0.2) is 0 Å². The zero-order valence-corrected chi connectivity index (χ0v) is 11.2. The summed E-state index contributed by atoms with van der Waals surface area (Å²) in [6.07, 6.45) is -0.732. The Hall–Kier alpha value is -2.82. The molecule has 1 unspecified atom stereocenters. The molecule has 106 valence electrons. The van der Waals surface area contributed by atoms with Crippen molar-refractivity contribution in [1.29, 1.82) is 0 Å². The highest BCUT2D eigenvalue weighted by Crippen LogP contribution is 2.27. The molecule has 0 aliphatic carbocycles. The second kappa shape index (κ2) is 5.66. The molecule has 1 heterocycles. The highest BCUT2D eigenvalue weighted by atomic mass is 16.6. The summed E-state index contributed by atoms with van der Waals surface area (Å²) in [5.41, 5.74) is 2.17. The maximum atomic E-state index is 11.9. The van der Waals surface area contributed by atoms with E-state index in [-0.39, 0.29) is 6.03 Å². The van der Waals surface area contributed by atoms with Gasteiger partial charge in [-0.2, -0.15) is 0 Å². The van der Waals surface area contributed by atoms with Crippen LogP contribution in [0.4, 0.5) is 4.79 Å². The van der Waals surface area contributed by atoms with Crippen molar-refractivity contribution in [3.05, 3.63) is 71.3 Å². The van der Waals surface area contributed by atoms with Crippen LogP contribution in [0, 0.1) is 0 Å². The molecule has 2 amide bonds. The third kappa shape index (κ3) is 2.86. The first-order valence-electron chi connectivity index (χ1n) is 6.62. The molecule has 2 aromatic carbocycles. The summed E-state index contributed by atoms with van der Waals surface area (Å²) in [4.78, 5) is 23.5. The van der Waals surface area contributed by atoms with Crippen molar-refractivity contribution < 1.29 is 14.3 Å². The van der Waals surface area contributed by atoms with Gasteiger partial charge in [0.25, 0.3) is 0 Å². The van der Waals surface area contributed by atoms with Crippen LogP contribution in [0.1, 0.15) is 27.7 Å². The van der Waals surface area contributed by atoms with Gasteiger partial charge in [-0.1, -0.05) is 48.5 Å². The largest absolute Gasteiger partial charge is 0.434 e. The zero-order valence-electron chi connectivity index (χ0n) is 11.2.